The van der Waals surface area contributed by atoms with Gasteiger partial charge in [-0.2, -0.15) is 4.57 Å². The Bertz CT molecular complexity index is 604. The lowest BCUT2D eigenvalue weighted by molar-refractivity contribution is -0.684. The van der Waals surface area contributed by atoms with Crippen molar-refractivity contribution >= 4 is 34.2 Å². The molecule has 1 amide bonds. The van der Waals surface area contributed by atoms with Crippen LogP contribution in [-0.2, 0) is 11.3 Å². The van der Waals surface area contributed by atoms with Crippen LogP contribution in [0.4, 0.5) is 5.69 Å². The summed E-state index contributed by atoms with van der Waals surface area (Å²) in [4.78, 5) is 12.1. The molecule has 0 spiro atoms. The average Bonchev–Trinajstić information content (AvgIpc) is 2.52. The highest BCUT2D eigenvalue weighted by Gasteiger charge is 2.12. The Balaban J connectivity index is 1.95. The van der Waals surface area contributed by atoms with E-state index in [1.807, 2.05) is 41.2 Å². The van der Waals surface area contributed by atoms with Crippen molar-refractivity contribution in [2.75, 3.05) is 5.32 Å². The summed E-state index contributed by atoms with van der Waals surface area (Å²) in [6.07, 6.45) is 6.27. The molecule has 22 heavy (non-hydrogen) atoms. The number of nitrogens with one attached hydrogen (secondary N) is 1. The van der Waals surface area contributed by atoms with Crippen LogP contribution in [0.5, 0.6) is 0 Å². The van der Waals surface area contributed by atoms with Crippen LogP contribution in [-0.4, -0.2) is 5.91 Å². The third kappa shape index (κ3) is 4.80. The second-order valence-corrected chi connectivity index (χ2v) is 6.62. The monoisotopic (exact) mass is 409 g/mol. The van der Waals surface area contributed by atoms with Gasteiger partial charge in [0.2, 0.25) is 6.54 Å². The largest absolute Gasteiger partial charge is 0.321 e. The number of hydrogen-bond acceptors (Lipinski definition) is 1. The Kier molecular flexibility index (Phi) is 6.36. The molecular formula is C18H22IN2O+. The fourth-order valence-electron chi connectivity index (χ4n) is 2.51. The molecule has 0 atom stereocenters. The van der Waals surface area contributed by atoms with E-state index in [-0.39, 0.29) is 5.91 Å². The van der Waals surface area contributed by atoms with E-state index in [9.17, 15) is 4.79 Å². The Morgan fingerprint density at radius 3 is 2.23 bits per heavy atom. The van der Waals surface area contributed by atoms with Crippen LogP contribution in [0.3, 0.4) is 0 Å². The van der Waals surface area contributed by atoms with Gasteiger partial charge in [-0.25, -0.2) is 0 Å². The van der Waals surface area contributed by atoms with E-state index in [1.54, 1.807) is 0 Å². The number of nitrogens with zero attached hydrogens (tertiary/aromatic N) is 1. The molecular weight excluding hydrogens is 387 g/mol. The van der Waals surface area contributed by atoms with Gasteiger partial charge in [-0.05, 0) is 71.2 Å². The van der Waals surface area contributed by atoms with E-state index >= 15 is 0 Å². The van der Waals surface area contributed by atoms with Gasteiger partial charge >= 0.3 is 0 Å². The summed E-state index contributed by atoms with van der Waals surface area (Å²) >= 11 is 2.25. The number of aromatic nitrogens is 1. The summed E-state index contributed by atoms with van der Waals surface area (Å²) < 4.78 is 3.07. The zero-order valence-corrected chi connectivity index (χ0v) is 15.2. The SMILES string of the molecule is CCC(CC)c1cc[n+](CC(=O)Nc2ccc(I)cc2)cc1. The number of carbonyl (C=O) groups is 1. The van der Waals surface area contributed by atoms with E-state index in [2.05, 4.69) is 53.9 Å². The molecule has 0 aliphatic carbocycles. The average molecular weight is 409 g/mol. The van der Waals surface area contributed by atoms with Crippen LogP contribution in [0.15, 0.2) is 48.8 Å². The van der Waals surface area contributed by atoms with Crippen LogP contribution >= 0.6 is 22.6 Å². The van der Waals surface area contributed by atoms with E-state index in [0.29, 0.717) is 12.5 Å². The number of pyridine rings is 1. The van der Waals surface area contributed by atoms with Crippen molar-refractivity contribution in [1.82, 2.24) is 0 Å². The van der Waals surface area contributed by atoms with E-state index < -0.39 is 0 Å². The third-order valence-corrected chi connectivity index (χ3v) is 4.55. The quantitative estimate of drug-likeness (QED) is 0.565. The fraction of sp³-hybridized carbons (Fsp3) is 0.333. The van der Waals surface area contributed by atoms with Crippen LogP contribution in [0.1, 0.15) is 38.2 Å². The Labute approximate surface area is 145 Å². The second-order valence-electron chi connectivity index (χ2n) is 5.37. The summed E-state index contributed by atoms with van der Waals surface area (Å²) in [6.45, 7) is 4.75. The summed E-state index contributed by atoms with van der Waals surface area (Å²) in [5, 5.41) is 2.91. The van der Waals surface area contributed by atoms with Crippen molar-refractivity contribution in [3.8, 4) is 0 Å². The number of benzene rings is 1. The first-order valence-corrected chi connectivity index (χ1v) is 8.74. The first kappa shape index (κ1) is 16.9. The standard InChI is InChI=1S/C18H21IN2O/c1-3-14(4-2)15-9-11-21(12-10-15)13-18(22)20-17-7-5-16(19)6-8-17/h5-12,14H,3-4,13H2,1-2H3/p+1. The lowest BCUT2D eigenvalue weighted by Gasteiger charge is -2.11. The number of anilines is 1. The van der Waals surface area contributed by atoms with Gasteiger partial charge in [0, 0.05) is 21.4 Å². The van der Waals surface area contributed by atoms with Crippen LogP contribution in [0.25, 0.3) is 0 Å². The van der Waals surface area contributed by atoms with Gasteiger partial charge in [-0.15, -0.1) is 0 Å². The van der Waals surface area contributed by atoms with Gasteiger partial charge < -0.3 is 5.32 Å². The Morgan fingerprint density at radius 2 is 1.68 bits per heavy atom. The predicted octanol–water partition coefficient (Wildman–Crippen LogP) is 4.12. The molecule has 116 valence electrons. The maximum Gasteiger partial charge on any atom is 0.290 e. The first-order valence-electron chi connectivity index (χ1n) is 7.66. The van der Waals surface area contributed by atoms with Crippen LogP contribution in [0.2, 0.25) is 0 Å². The molecule has 0 bridgehead atoms. The number of carbonyl (C=O) groups excluding carboxylic acids is 1. The van der Waals surface area contributed by atoms with E-state index in [1.165, 1.54) is 5.56 Å². The van der Waals surface area contributed by atoms with Crippen molar-refractivity contribution in [1.29, 1.82) is 0 Å². The highest BCUT2D eigenvalue weighted by molar-refractivity contribution is 14.1. The maximum absolute atomic E-state index is 12.1. The zero-order chi connectivity index (χ0) is 15.9. The Morgan fingerprint density at radius 1 is 1.09 bits per heavy atom. The summed E-state index contributed by atoms with van der Waals surface area (Å²) in [6, 6.07) is 12.0. The molecule has 0 radical (unpaired) electrons. The maximum atomic E-state index is 12.1. The highest BCUT2D eigenvalue weighted by atomic mass is 127. The molecule has 0 aliphatic heterocycles. The molecule has 1 heterocycles. The molecule has 0 aliphatic rings. The normalized spacial score (nSPS) is 10.7. The molecule has 3 nitrogen and oxygen atoms in total. The number of amides is 1. The van der Waals surface area contributed by atoms with Crippen molar-refractivity contribution in [3.05, 3.63) is 57.9 Å². The second kappa shape index (κ2) is 8.27. The topological polar surface area (TPSA) is 33.0 Å². The molecule has 2 rings (SSSR count). The van der Waals surface area contributed by atoms with Crippen LogP contribution in [0, 0.1) is 3.57 Å². The van der Waals surface area contributed by atoms with Crippen LogP contribution < -0.4 is 9.88 Å². The summed E-state index contributed by atoms with van der Waals surface area (Å²) in [5.74, 6) is 0.594. The lowest BCUT2D eigenvalue weighted by Crippen LogP contribution is -2.39. The molecule has 1 aromatic carbocycles. The summed E-state index contributed by atoms with van der Waals surface area (Å²) in [7, 11) is 0. The Hall–Kier alpha value is -1.43. The smallest absolute Gasteiger partial charge is 0.290 e. The lowest BCUT2D eigenvalue weighted by atomic mass is 9.95. The minimum absolute atomic E-state index is 0.0125. The molecule has 0 saturated carbocycles. The van der Waals surface area contributed by atoms with Gasteiger partial charge in [0.1, 0.15) is 0 Å². The number of rotatable bonds is 6. The number of hydrogen-bond donors (Lipinski definition) is 1. The number of halogens is 1. The van der Waals surface area contributed by atoms with Crippen molar-refractivity contribution in [2.24, 2.45) is 0 Å². The molecule has 0 saturated heterocycles. The highest BCUT2D eigenvalue weighted by Crippen LogP contribution is 2.21. The third-order valence-electron chi connectivity index (χ3n) is 3.83. The minimum Gasteiger partial charge on any atom is -0.321 e. The van der Waals surface area contributed by atoms with Gasteiger partial charge in [-0.3, -0.25) is 4.79 Å². The molecule has 4 heteroatoms. The zero-order valence-electron chi connectivity index (χ0n) is 13.1. The first-order chi connectivity index (χ1) is 10.6. The summed E-state index contributed by atoms with van der Waals surface area (Å²) in [5.41, 5.74) is 2.18. The van der Waals surface area contributed by atoms with Gasteiger partial charge in [-0.1, -0.05) is 13.8 Å². The van der Waals surface area contributed by atoms with Crippen molar-refractivity contribution in [3.63, 3.8) is 0 Å². The molecule has 1 aromatic heterocycles. The molecule has 1 N–H and O–H groups in total. The fourth-order valence-corrected chi connectivity index (χ4v) is 2.87. The van der Waals surface area contributed by atoms with Gasteiger partial charge in [0.25, 0.3) is 5.91 Å². The van der Waals surface area contributed by atoms with E-state index in [0.717, 1.165) is 22.1 Å². The van der Waals surface area contributed by atoms with Gasteiger partial charge in [0.05, 0.1) is 0 Å². The minimum atomic E-state index is -0.0125. The van der Waals surface area contributed by atoms with Crippen molar-refractivity contribution < 1.29 is 9.36 Å². The van der Waals surface area contributed by atoms with Gasteiger partial charge in [0.15, 0.2) is 12.4 Å². The van der Waals surface area contributed by atoms with Crippen molar-refractivity contribution in [2.45, 2.75) is 39.2 Å². The molecule has 0 fully saturated rings. The molecule has 0 unspecified atom stereocenters. The van der Waals surface area contributed by atoms with E-state index in [4.69, 9.17) is 0 Å². The molecule has 2 aromatic rings. The predicted molar refractivity (Wildman–Crippen MR) is 97.7 cm³/mol.